The second-order valence-electron chi connectivity index (χ2n) is 12.2. The van der Waals surface area contributed by atoms with Gasteiger partial charge in [0, 0.05) is 11.6 Å². The Hall–Kier alpha value is -2.42. The summed E-state index contributed by atoms with van der Waals surface area (Å²) >= 11 is 1.57. The van der Waals surface area contributed by atoms with E-state index >= 15 is 0 Å². The molecule has 3 amide bonds. The van der Waals surface area contributed by atoms with Gasteiger partial charge in [0.15, 0.2) is 0 Å². The average molecular weight is 550 g/mol. The van der Waals surface area contributed by atoms with Crippen LogP contribution in [0.5, 0.6) is 5.75 Å². The molecule has 0 aromatic heterocycles. The van der Waals surface area contributed by atoms with E-state index in [-0.39, 0.29) is 23.6 Å². The van der Waals surface area contributed by atoms with E-state index in [4.69, 9.17) is 4.74 Å². The highest BCUT2D eigenvalue weighted by molar-refractivity contribution is 7.98. The van der Waals surface area contributed by atoms with Crippen molar-refractivity contribution in [2.45, 2.75) is 116 Å². The zero-order valence-electron chi connectivity index (χ0n) is 24.3. The summed E-state index contributed by atoms with van der Waals surface area (Å²) in [6.07, 6.45) is 6.76. The van der Waals surface area contributed by atoms with E-state index in [1.54, 1.807) is 62.6 Å². The van der Waals surface area contributed by atoms with Crippen molar-refractivity contribution in [2.24, 2.45) is 0 Å². The fourth-order valence-electron chi connectivity index (χ4n) is 4.75. The first-order chi connectivity index (χ1) is 17.6. The summed E-state index contributed by atoms with van der Waals surface area (Å²) in [5.74, 6) is 0.151. The molecule has 0 bridgehead atoms. The van der Waals surface area contributed by atoms with Crippen LogP contribution < -0.4 is 10.6 Å². The van der Waals surface area contributed by atoms with Crippen molar-refractivity contribution >= 4 is 29.7 Å². The number of carbonyl (C=O) groups excluding carboxylic acids is 3. The lowest BCUT2D eigenvalue weighted by molar-refractivity contribution is -0.148. The van der Waals surface area contributed by atoms with Crippen LogP contribution in [0.3, 0.4) is 0 Å². The Labute approximate surface area is 232 Å². The first kappa shape index (κ1) is 31.8. The number of phenols is 1. The number of aryl methyl sites for hydroxylation is 1. The van der Waals surface area contributed by atoms with Gasteiger partial charge in [0.25, 0.3) is 0 Å². The lowest BCUT2D eigenvalue weighted by Crippen LogP contribution is -2.59. The van der Waals surface area contributed by atoms with Gasteiger partial charge in [0.2, 0.25) is 11.8 Å². The number of carbonyl (C=O) groups is 3. The molecule has 38 heavy (non-hydrogen) atoms. The lowest BCUT2D eigenvalue weighted by atomic mass is 9.92. The van der Waals surface area contributed by atoms with Gasteiger partial charge in [0.1, 0.15) is 23.4 Å². The molecule has 1 fully saturated rings. The normalized spacial score (nSPS) is 16.3. The van der Waals surface area contributed by atoms with Gasteiger partial charge < -0.3 is 25.4 Å². The van der Waals surface area contributed by atoms with Crippen LogP contribution in [0, 0.1) is 6.92 Å². The average Bonchev–Trinajstić information content (AvgIpc) is 2.80. The number of thioether (sulfide) groups is 1. The van der Waals surface area contributed by atoms with Crippen molar-refractivity contribution in [2.75, 3.05) is 12.0 Å². The van der Waals surface area contributed by atoms with Crippen LogP contribution in [-0.2, 0) is 14.3 Å². The molecule has 1 aromatic carbocycles. The van der Waals surface area contributed by atoms with E-state index in [0.29, 0.717) is 23.3 Å². The van der Waals surface area contributed by atoms with Gasteiger partial charge in [-0.05, 0) is 103 Å². The van der Waals surface area contributed by atoms with Gasteiger partial charge >= 0.3 is 6.09 Å². The third-order valence-corrected chi connectivity index (χ3v) is 7.20. The Morgan fingerprint density at radius 3 is 2.26 bits per heavy atom. The van der Waals surface area contributed by atoms with Gasteiger partial charge in [-0.1, -0.05) is 25.3 Å². The molecule has 2 rings (SSSR count). The molecule has 0 saturated heterocycles. The van der Waals surface area contributed by atoms with Gasteiger partial charge in [-0.3, -0.25) is 9.59 Å². The van der Waals surface area contributed by atoms with E-state index in [2.05, 4.69) is 10.6 Å². The number of phenolic OH excluding ortho intramolecular Hbond substituents is 1. The number of nitrogens with one attached hydrogen (secondary N) is 2. The summed E-state index contributed by atoms with van der Waals surface area (Å²) in [4.78, 5) is 42.5. The largest absolute Gasteiger partial charge is 0.508 e. The summed E-state index contributed by atoms with van der Waals surface area (Å²) in [6.45, 7) is 12.7. The first-order valence-corrected chi connectivity index (χ1v) is 14.9. The monoisotopic (exact) mass is 549 g/mol. The zero-order chi connectivity index (χ0) is 28.7. The highest BCUT2D eigenvalue weighted by Gasteiger charge is 2.42. The summed E-state index contributed by atoms with van der Waals surface area (Å²) in [6, 6.07) is 3.24. The van der Waals surface area contributed by atoms with E-state index < -0.39 is 29.3 Å². The van der Waals surface area contributed by atoms with Crippen molar-refractivity contribution in [1.29, 1.82) is 0 Å². The number of nitrogens with zero attached hydrogens (tertiary/aromatic N) is 1. The summed E-state index contributed by atoms with van der Waals surface area (Å²) in [5.41, 5.74) is -0.250. The molecule has 1 aliphatic rings. The highest BCUT2D eigenvalue weighted by atomic mass is 32.2. The molecule has 0 aliphatic heterocycles. The first-order valence-electron chi connectivity index (χ1n) is 13.6. The number of hydrogen-bond acceptors (Lipinski definition) is 6. The Kier molecular flexibility index (Phi) is 11.4. The topological polar surface area (TPSA) is 108 Å². The Morgan fingerprint density at radius 1 is 1.11 bits per heavy atom. The molecule has 0 heterocycles. The van der Waals surface area contributed by atoms with Crippen molar-refractivity contribution in [3.05, 3.63) is 29.3 Å². The lowest BCUT2D eigenvalue weighted by Gasteiger charge is -2.43. The Morgan fingerprint density at radius 2 is 1.74 bits per heavy atom. The minimum Gasteiger partial charge on any atom is -0.508 e. The van der Waals surface area contributed by atoms with Crippen LogP contribution in [0.15, 0.2) is 18.2 Å². The maximum Gasteiger partial charge on any atom is 0.408 e. The van der Waals surface area contributed by atoms with E-state index in [0.717, 1.165) is 32.1 Å². The van der Waals surface area contributed by atoms with Crippen LogP contribution in [0.25, 0.3) is 0 Å². The van der Waals surface area contributed by atoms with Crippen molar-refractivity contribution in [3.63, 3.8) is 0 Å². The maximum atomic E-state index is 14.3. The van der Waals surface area contributed by atoms with Crippen molar-refractivity contribution in [1.82, 2.24) is 15.5 Å². The minimum absolute atomic E-state index is 0.0565. The molecule has 214 valence electrons. The zero-order valence-corrected chi connectivity index (χ0v) is 25.2. The third kappa shape index (κ3) is 9.40. The minimum atomic E-state index is -0.944. The number of amides is 3. The van der Waals surface area contributed by atoms with E-state index in [1.165, 1.54) is 0 Å². The number of ether oxygens (including phenoxy) is 1. The van der Waals surface area contributed by atoms with Crippen molar-refractivity contribution in [3.8, 4) is 5.75 Å². The number of benzene rings is 1. The quantitative estimate of drug-likeness (QED) is 0.377. The summed E-state index contributed by atoms with van der Waals surface area (Å²) < 4.78 is 5.45. The fourth-order valence-corrected chi connectivity index (χ4v) is 5.22. The highest BCUT2D eigenvalue weighted by Crippen LogP contribution is 2.33. The molecular weight excluding hydrogens is 502 g/mol. The summed E-state index contributed by atoms with van der Waals surface area (Å²) in [7, 11) is 0. The van der Waals surface area contributed by atoms with Crippen molar-refractivity contribution < 1.29 is 24.2 Å². The van der Waals surface area contributed by atoms with Crippen LogP contribution in [0.4, 0.5) is 4.79 Å². The summed E-state index contributed by atoms with van der Waals surface area (Å²) in [5, 5.41) is 16.1. The van der Waals surface area contributed by atoms with Gasteiger partial charge in [0.05, 0.1) is 0 Å². The molecule has 1 saturated carbocycles. The van der Waals surface area contributed by atoms with Crippen LogP contribution >= 0.6 is 11.8 Å². The number of alkyl carbamates (subject to hydrolysis) is 1. The van der Waals surface area contributed by atoms with Crippen LogP contribution in [0.2, 0.25) is 0 Å². The molecule has 0 spiro atoms. The molecular formula is C29H47N3O5S. The second-order valence-corrected chi connectivity index (χ2v) is 13.1. The van der Waals surface area contributed by atoms with Crippen LogP contribution in [0.1, 0.15) is 97.2 Å². The van der Waals surface area contributed by atoms with Gasteiger partial charge in [-0.25, -0.2) is 4.79 Å². The smallest absolute Gasteiger partial charge is 0.408 e. The molecule has 0 radical (unpaired) electrons. The Balaban J connectivity index is 2.53. The standard InChI is InChI=1S/C29H47N3O5S/c1-19-18-20(14-15-23(19)33)24(25(34)30-21-12-10-9-11-13-21)32(28(2,3)4)26(35)22(16-17-38-8)31-27(36)37-29(5,6)7/h14-15,18,21-22,24,33H,9-13,16-17H2,1-8H3,(H,30,34)(H,31,36). The van der Waals surface area contributed by atoms with Gasteiger partial charge in [-0.2, -0.15) is 11.8 Å². The molecule has 2 unspecified atom stereocenters. The third-order valence-electron chi connectivity index (χ3n) is 6.55. The maximum absolute atomic E-state index is 14.3. The molecule has 1 aromatic rings. The molecule has 9 heteroatoms. The number of rotatable bonds is 9. The molecule has 2 atom stereocenters. The predicted octanol–water partition coefficient (Wildman–Crippen LogP) is 5.46. The van der Waals surface area contributed by atoms with Gasteiger partial charge in [-0.15, -0.1) is 0 Å². The second kappa shape index (κ2) is 13.6. The Bertz CT molecular complexity index is 964. The molecule has 1 aliphatic carbocycles. The predicted molar refractivity (Wildman–Crippen MR) is 153 cm³/mol. The number of hydrogen-bond donors (Lipinski definition) is 3. The van der Waals surface area contributed by atoms with E-state index in [1.807, 2.05) is 27.0 Å². The molecule has 3 N–H and O–H groups in total. The van der Waals surface area contributed by atoms with E-state index in [9.17, 15) is 19.5 Å². The number of aromatic hydroxyl groups is 1. The molecule has 8 nitrogen and oxygen atoms in total. The van der Waals surface area contributed by atoms with Crippen LogP contribution in [-0.4, -0.2) is 63.1 Å². The fraction of sp³-hybridized carbons (Fsp3) is 0.690. The SMILES string of the molecule is CSCCC(NC(=O)OC(C)(C)C)C(=O)N(C(C(=O)NC1CCCCC1)c1ccc(O)c(C)c1)C(C)(C)C.